The summed E-state index contributed by atoms with van der Waals surface area (Å²) in [4.78, 5) is 11.7. The van der Waals surface area contributed by atoms with Gasteiger partial charge in [-0.25, -0.2) is 0 Å². The lowest BCUT2D eigenvalue weighted by molar-refractivity contribution is -0.116. The summed E-state index contributed by atoms with van der Waals surface area (Å²) in [5.74, 6) is 3.23. The maximum Gasteiger partial charge on any atom is 0.155 e. The molecule has 6 atom stereocenters. The summed E-state index contributed by atoms with van der Waals surface area (Å²) >= 11 is 0. The molecule has 4 aliphatic carbocycles. The fourth-order valence-electron chi connectivity index (χ4n) is 6.82. The number of carbonyl (C=O) groups excluding carboxylic acids is 1. The molecule has 0 amide bonds. The van der Waals surface area contributed by atoms with Gasteiger partial charge >= 0.3 is 0 Å². The minimum Gasteiger partial charge on any atom is -0.392 e. The summed E-state index contributed by atoms with van der Waals surface area (Å²) in [5, 5.41) is 10.9. The van der Waals surface area contributed by atoms with E-state index in [1.54, 1.807) is 0 Å². The second-order valence-corrected chi connectivity index (χ2v) is 9.44. The Bertz CT molecular complexity index is 532. The van der Waals surface area contributed by atoms with Crippen LogP contribution >= 0.6 is 0 Å². The first-order valence-electron chi connectivity index (χ1n) is 9.24. The highest BCUT2D eigenvalue weighted by atomic mass is 16.3. The molecule has 0 aromatic rings. The van der Waals surface area contributed by atoms with Gasteiger partial charge in [0.1, 0.15) is 0 Å². The quantitative estimate of drug-likeness (QED) is 0.730. The highest BCUT2D eigenvalue weighted by molar-refractivity contribution is 5.91. The molecule has 0 aromatic carbocycles. The number of fused-ring (bicyclic) bond motifs is 5. The highest BCUT2D eigenvalue weighted by Crippen LogP contribution is 2.65. The van der Waals surface area contributed by atoms with Crippen molar-refractivity contribution in [3.8, 4) is 0 Å². The largest absolute Gasteiger partial charge is 0.392 e. The van der Waals surface area contributed by atoms with Gasteiger partial charge in [0.25, 0.3) is 0 Å². The Morgan fingerprint density at radius 3 is 2.64 bits per heavy atom. The Kier molecular flexibility index (Phi) is 3.18. The van der Waals surface area contributed by atoms with Crippen LogP contribution < -0.4 is 0 Å². The van der Waals surface area contributed by atoms with Gasteiger partial charge in [-0.05, 0) is 79.1 Å². The van der Waals surface area contributed by atoms with Crippen molar-refractivity contribution in [2.75, 3.05) is 0 Å². The van der Waals surface area contributed by atoms with Gasteiger partial charge in [0.2, 0.25) is 0 Å². The van der Waals surface area contributed by atoms with Crippen LogP contribution in [0.15, 0.2) is 11.6 Å². The van der Waals surface area contributed by atoms with Crippen molar-refractivity contribution in [2.45, 2.75) is 71.8 Å². The Balaban J connectivity index is 1.65. The number of hydrogen-bond acceptors (Lipinski definition) is 2. The van der Waals surface area contributed by atoms with Crippen LogP contribution in [0.25, 0.3) is 0 Å². The fourth-order valence-corrected chi connectivity index (χ4v) is 6.82. The van der Waals surface area contributed by atoms with Crippen molar-refractivity contribution >= 4 is 5.78 Å². The lowest BCUT2D eigenvalue weighted by Gasteiger charge is -2.53. The van der Waals surface area contributed by atoms with E-state index in [0.29, 0.717) is 17.6 Å². The van der Waals surface area contributed by atoms with Crippen molar-refractivity contribution in [3.05, 3.63) is 11.6 Å². The molecular formula is C20H30O2. The molecule has 0 bridgehead atoms. The van der Waals surface area contributed by atoms with Crippen LogP contribution in [-0.2, 0) is 4.79 Å². The summed E-state index contributed by atoms with van der Waals surface area (Å²) in [6.45, 7) is 6.86. The molecule has 0 aromatic heterocycles. The zero-order valence-electron chi connectivity index (χ0n) is 14.3. The van der Waals surface area contributed by atoms with Crippen LogP contribution in [0.1, 0.15) is 65.7 Å². The minimum atomic E-state index is -0.157. The maximum absolute atomic E-state index is 11.7. The van der Waals surface area contributed by atoms with Gasteiger partial charge in [-0.3, -0.25) is 4.79 Å². The first-order chi connectivity index (χ1) is 10.3. The maximum atomic E-state index is 11.7. The van der Waals surface area contributed by atoms with E-state index >= 15 is 0 Å². The Morgan fingerprint density at radius 1 is 1.09 bits per heavy atom. The molecule has 2 heteroatoms. The van der Waals surface area contributed by atoms with Gasteiger partial charge < -0.3 is 5.11 Å². The molecule has 0 radical (unpaired) electrons. The van der Waals surface area contributed by atoms with Crippen molar-refractivity contribution in [3.63, 3.8) is 0 Å². The molecule has 0 heterocycles. The predicted molar refractivity (Wildman–Crippen MR) is 87.3 cm³/mol. The van der Waals surface area contributed by atoms with Gasteiger partial charge in [0, 0.05) is 6.42 Å². The summed E-state index contributed by atoms with van der Waals surface area (Å²) < 4.78 is 0. The summed E-state index contributed by atoms with van der Waals surface area (Å²) in [6, 6.07) is 0. The van der Waals surface area contributed by atoms with Crippen LogP contribution in [0.3, 0.4) is 0 Å². The first kappa shape index (κ1) is 14.9. The summed E-state index contributed by atoms with van der Waals surface area (Å²) in [7, 11) is 0. The normalized spacial score (nSPS) is 49.9. The number of allylic oxidation sites excluding steroid dienone is 1. The topological polar surface area (TPSA) is 37.3 Å². The SMILES string of the molecule is CC1(C)C[C@H]2[C@@H]3CCC4=CC(=O)CC[C@@H]4[C@H]3CC[C@]2(C)[C@H]1O. The van der Waals surface area contributed by atoms with E-state index in [2.05, 4.69) is 20.8 Å². The number of hydrogen-bond donors (Lipinski definition) is 1. The van der Waals surface area contributed by atoms with E-state index in [4.69, 9.17) is 0 Å². The van der Waals surface area contributed by atoms with Gasteiger partial charge in [-0.2, -0.15) is 0 Å². The van der Waals surface area contributed by atoms with E-state index in [9.17, 15) is 9.90 Å². The summed E-state index contributed by atoms with van der Waals surface area (Å²) in [6.07, 6.45) is 9.62. The van der Waals surface area contributed by atoms with Gasteiger partial charge in [0.15, 0.2) is 5.78 Å². The van der Waals surface area contributed by atoms with Crippen LogP contribution in [0, 0.1) is 34.5 Å². The third-order valence-corrected chi connectivity index (χ3v) is 7.85. The highest BCUT2D eigenvalue weighted by Gasteiger charge is 2.61. The first-order valence-corrected chi connectivity index (χ1v) is 9.24. The molecule has 1 N–H and O–H groups in total. The Morgan fingerprint density at radius 2 is 1.86 bits per heavy atom. The average Bonchev–Trinajstić information content (AvgIpc) is 2.66. The van der Waals surface area contributed by atoms with Crippen LogP contribution in [-0.4, -0.2) is 17.0 Å². The molecule has 4 rings (SSSR count). The average molecular weight is 302 g/mol. The van der Waals surface area contributed by atoms with E-state index in [1.165, 1.54) is 31.3 Å². The van der Waals surface area contributed by atoms with E-state index in [0.717, 1.165) is 31.1 Å². The minimum absolute atomic E-state index is 0.0625. The molecule has 22 heavy (non-hydrogen) atoms. The molecule has 0 unspecified atom stereocenters. The molecule has 122 valence electrons. The number of rotatable bonds is 0. The van der Waals surface area contributed by atoms with Crippen LogP contribution in [0.4, 0.5) is 0 Å². The molecule has 0 saturated heterocycles. The van der Waals surface area contributed by atoms with Crippen LogP contribution in [0.2, 0.25) is 0 Å². The fraction of sp³-hybridized carbons (Fsp3) is 0.850. The molecule has 0 spiro atoms. The Labute approximate surface area is 134 Å². The third-order valence-electron chi connectivity index (χ3n) is 7.85. The number of carbonyl (C=O) groups is 1. The monoisotopic (exact) mass is 302 g/mol. The Hall–Kier alpha value is -0.630. The van der Waals surface area contributed by atoms with Crippen molar-refractivity contribution in [1.29, 1.82) is 0 Å². The number of aliphatic hydroxyl groups excluding tert-OH is 1. The van der Waals surface area contributed by atoms with Gasteiger partial charge in [-0.15, -0.1) is 0 Å². The van der Waals surface area contributed by atoms with E-state index < -0.39 is 0 Å². The smallest absolute Gasteiger partial charge is 0.155 e. The van der Waals surface area contributed by atoms with Crippen molar-refractivity contribution < 1.29 is 9.90 Å². The molecule has 4 aliphatic rings. The van der Waals surface area contributed by atoms with Crippen LogP contribution in [0.5, 0.6) is 0 Å². The zero-order valence-corrected chi connectivity index (χ0v) is 14.3. The molecular weight excluding hydrogens is 272 g/mol. The van der Waals surface area contributed by atoms with Crippen molar-refractivity contribution in [2.24, 2.45) is 34.5 Å². The van der Waals surface area contributed by atoms with E-state index in [1.807, 2.05) is 6.08 Å². The predicted octanol–water partition coefficient (Wildman–Crippen LogP) is 4.13. The van der Waals surface area contributed by atoms with Crippen molar-refractivity contribution in [1.82, 2.24) is 0 Å². The zero-order chi connectivity index (χ0) is 15.7. The van der Waals surface area contributed by atoms with E-state index in [-0.39, 0.29) is 16.9 Å². The molecule has 0 aliphatic heterocycles. The lowest BCUT2D eigenvalue weighted by Crippen LogP contribution is -2.48. The standard InChI is InChI=1S/C20H30O2/c1-19(2)11-17-16-6-4-12-10-13(21)5-7-14(12)15(16)8-9-20(17,3)18(19)22/h10,14-18,22H,4-9,11H2,1-3H3/t14-,15+,16+,17-,18-,20-/m0/s1. The third kappa shape index (κ3) is 1.92. The molecule has 3 saturated carbocycles. The lowest BCUT2D eigenvalue weighted by atomic mass is 9.52. The number of ketones is 1. The second kappa shape index (κ2) is 4.69. The second-order valence-electron chi connectivity index (χ2n) is 9.44. The van der Waals surface area contributed by atoms with Gasteiger partial charge in [0.05, 0.1) is 6.10 Å². The van der Waals surface area contributed by atoms with Gasteiger partial charge in [-0.1, -0.05) is 26.3 Å². The number of aliphatic hydroxyl groups is 1. The molecule has 2 nitrogen and oxygen atoms in total. The molecule has 3 fully saturated rings. The summed E-state index contributed by atoms with van der Waals surface area (Å²) in [5.41, 5.74) is 1.64.